The zero-order valence-corrected chi connectivity index (χ0v) is 12.1. The molecule has 0 saturated heterocycles. The van der Waals surface area contributed by atoms with Crippen LogP contribution in [0.15, 0.2) is 0 Å². The van der Waals surface area contributed by atoms with Gasteiger partial charge < -0.3 is 15.5 Å². The van der Waals surface area contributed by atoms with E-state index in [9.17, 15) is 9.59 Å². The largest absolute Gasteiger partial charge is 0.481 e. The Hall–Kier alpha value is -1.14. The molecule has 0 aliphatic heterocycles. The van der Waals surface area contributed by atoms with Crippen molar-refractivity contribution in [1.29, 1.82) is 0 Å². The fourth-order valence-corrected chi connectivity index (χ4v) is 1.62. The second-order valence-corrected chi connectivity index (χ2v) is 4.93. The molecule has 0 bridgehead atoms. The van der Waals surface area contributed by atoms with Gasteiger partial charge in [-0.1, -0.05) is 13.8 Å². The molecule has 0 aromatic carbocycles. The van der Waals surface area contributed by atoms with Crippen LogP contribution in [0.3, 0.4) is 0 Å². The van der Waals surface area contributed by atoms with E-state index in [0.29, 0.717) is 19.5 Å². The molecule has 0 saturated carbocycles. The third-order valence-corrected chi connectivity index (χ3v) is 2.97. The van der Waals surface area contributed by atoms with E-state index in [1.54, 1.807) is 11.8 Å². The molecule has 1 amide bonds. The highest BCUT2D eigenvalue weighted by Crippen LogP contribution is 2.02. The van der Waals surface area contributed by atoms with Crippen molar-refractivity contribution in [3.05, 3.63) is 0 Å². The van der Waals surface area contributed by atoms with E-state index < -0.39 is 11.9 Å². The van der Waals surface area contributed by atoms with Crippen molar-refractivity contribution in [2.75, 3.05) is 26.2 Å². The van der Waals surface area contributed by atoms with E-state index in [2.05, 4.69) is 5.32 Å². The maximum absolute atomic E-state index is 11.8. The number of hydrogen-bond donors (Lipinski definition) is 3. The SMILES string of the molecule is CCC(C)NC(=O)CN(CCCO)CC(C)C(=O)O. The average Bonchev–Trinajstić information content (AvgIpc) is 2.35. The summed E-state index contributed by atoms with van der Waals surface area (Å²) in [5.74, 6) is -1.52. The molecule has 2 atom stereocenters. The van der Waals surface area contributed by atoms with Crippen molar-refractivity contribution < 1.29 is 19.8 Å². The summed E-state index contributed by atoms with van der Waals surface area (Å²) in [7, 11) is 0. The van der Waals surface area contributed by atoms with Crippen LogP contribution in [0, 0.1) is 5.92 Å². The zero-order chi connectivity index (χ0) is 14.8. The molecule has 0 fully saturated rings. The molecule has 0 heterocycles. The molecule has 6 nitrogen and oxygen atoms in total. The van der Waals surface area contributed by atoms with Gasteiger partial charge in [0.2, 0.25) is 5.91 Å². The number of amides is 1. The molecular weight excluding hydrogens is 248 g/mol. The van der Waals surface area contributed by atoms with Gasteiger partial charge in [0.25, 0.3) is 0 Å². The highest BCUT2D eigenvalue weighted by molar-refractivity contribution is 5.78. The van der Waals surface area contributed by atoms with Crippen LogP contribution in [0.4, 0.5) is 0 Å². The van der Waals surface area contributed by atoms with Gasteiger partial charge in [-0.25, -0.2) is 0 Å². The second-order valence-electron chi connectivity index (χ2n) is 4.93. The third kappa shape index (κ3) is 8.56. The molecule has 0 aliphatic rings. The number of carbonyl (C=O) groups is 2. The molecular formula is C13H26N2O4. The highest BCUT2D eigenvalue weighted by atomic mass is 16.4. The number of aliphatic hydroxyl groups is 1. The Morgan fingerprint density at radius 1 is 1.32 bits per heavy atom. The Kier molecular flexibility index (Phi) is 9.16. The molecule has 3 N–H and O–H groups in total. The van der Waals surface area contributed by atoms with E-state index in [-0.39, 0.29) is 25.1 Å². The summed E-state index contributed by atoms with van der Waals surface area (Å²) in [6, 6.07) is 0.115. The lowest BCUT2D eigenvalue weighted by Crippen LogP contribution is -2.43. The Balaban J connectivity index is 4.32. The molecule has 112 valence electrons. The van der Waals surface area contributed by atoms with Crippen molar-refractivity contribution in [1.82, 2.24) is 10.2 Å². The number of nitrogens with zero attached hydrogens (tertiary/aromatic N) is 1. The van der Waals surface area contributed by atoms with Crippen LogP contribution in [0.2, 0.25) is 0 Å². The Morgan fingerprint density at radius 3 is 2.42 bits per heavy atom. The number of nitrogens with one attached hydrogen (secondary N) is 1. The van der Waals surface area contributed by atoms with Crippen molar-refractivity contribution in [3.63, 3.8) is 0 Å². The normalized spacial score (nSPS) is 14.2. The van der Waals surface area contributed by atoms with E-state index in [4.69, 9.17) is 10.2 Å². The van der Waals surface area contributed by atoms with Gasteiger partial charge in [0.15, 0.2) is 0 Å². The summed E-state index contributed by atoms with van der Waals surface area (Å²) < 4.78 is 0. The molecule has 0 aliphatic carbocycles. The van der Waals surface area contributed by atoms with Crippen LogP contribution in [0.1, 0.15) is 33.6 Å². The first kappa shape index (κ1) is 17.9. The van der Waals surface area contributed by atoms with Crippen LogP contribution in [-0.4, -0.2) is 59.3 Å². The highest BCUT2D eigenvalue weighted by Gasteiger charge is 2.18. The smallest absolute Gasteiger partial charge is 0.307 e. The minimum Gasteiger partial charge on any atom is -0.481 e. The molecule has 6 heteroatoms. The van der Waals surface area contributed by atoms with Crippen LogP contribution in [0.5, 0.6) is 0 Å². The Morgan fingerprint density at radius 2 is 1.95 bits per heavy atom. The molecule has 0 spiro atoms. The lowest BCUT2D eigenvalue weighted by molar-refractivity contribution is -0.142. The fourth-order valence-electron chi connectivity index (χ4n) is 1.62. The van der Waals surface area contributed by atoms with Gasteiger partial charge >= 0.3 is 5.97 Å². The number of carboxylic acids is 1. The summed E-state index contributed by atoms with van der Waals surface area (Å²) in [5, 5.41) is 20.6. The van der Waals surface area contributed by atoms with Gasteiger partial charge in [-0.3, -0.25) is 14.5 Å². The predicted octanol–water partition coefficient (Wildman–Crippen LogP) is 0.306. The van der Waals surface area contributed by atoms with E-state index in [1.165, 1.54) is 0 Å². The summed E-state index contributed by atoms with van der Waals surface area (Å²) in [6.45, 7) is 6.55. The first-order valence-corrected chi connectivity index (χ1v) is 6.76. The van der Waals surface area contributed by atoms with Crippen LogP contribution in [0.25, 0.3) is 0 Å². The van der Waals surface area contributed by atoms with Crippen molar-refractivity contribution in [2.45, 2.75) is 39.7 Å². The number of carboxylic acid groups (broad SMARTS) is 1. The standard InChI is InChI=1S/C13H26N2O4/c1-4-11(3)14-12(17)9-15(6-5-7-16)8-10(2)13(18)19/h10-11,16H,4-9H2,1-3H3,(H,14,17)(H,18,19). The van der Waals surface area contributed by atoms with Gasteiger partial charge in [0.05, 0.1) is 12.5 Å². The predicted molar refractivity (Wildman–Crippen MR) is 72.8 cm³/mol. The first-order chi connectivity index (χ1) is 8.90. The number of rotatable bonds is 10. The van der Waals surface area contributed by atoms with Crippen molar-refractivity contribution in [2.24, 2.45) is 5.92 Å². The third-order valence-electron chi connectivity index (χ3n) is 2.97. The van der Waals surface area contributed by atoms with Crippen LogP contribution < -0.4 is 5.32 Å². The van der Waals surface area contributed by atoms with Gasteiger partial charge in [-0.2, -0.15) is 0 Å². The number of carbonyl (C=O) groups excluding carboxylic acids is 1. The average molecular weight is 274 g/mol. The second kappa shape index (κ2) is 9.75. The topological polar surface area (TPSA) is 89.9 Å². The number of aliphatic hydroxyl groups excluding tert-OH is 1. The zero-order valence-electron chi connectivity index (χ0n) is 12.1. The molecule has 0 rings (SSSR count). The van der Waals surface area contributed by atoms with Gasteiger partial charge in [0, 0.05) is 25.7 Å². The van der Waals surface area contributed by atoms with Crippen molar-refractivity contribution in [3.8, 4) is 0 Å². The lowest BCUT2D eigenvalue weighted by atomic mass is 10.1. The Labute approximate surface area is 114 Å². The maximum Gasteiger partial charge on any atom is 0.307 e. The van der Waals surface area contributed by atoms with Gasteiger partial charge in [-0.15, -0.1) is 0 Å². The molecule has 0 radical (unpaired) electrons. The van der Waals surface area contributed by atoms with Crippen LogP contribution >= 0.6 is 0 Å². The van der Waals surface area contributed by atoms with E-state index in [1.807, 2.05) is 13.8 Å². The minimum atomic E-state index is -0.878. The van der Waals surface area contributed by atoms with E-state index in [0.717, 1.165) is 6.42 Å². The molecule has 2 unspecified atom stereocenters. The lowest BCUT2D eigenvalue weighted by Gasteiger charge is -2.24. The summed E-state index contributed by atoms with van der Waals surface area (Å²) in [4.78, 5) is 24.4. The summed E-state index contributed by atoms with van der Waals surface area (Å²) in [5.41, 5.74) is 0. The maximum atomic E-state index is 11.8. The number of aliphatic carboxylic acids is 1. The monoisotopic (exact) mass is 274 g/mol. The summed E-state index contributed by atoms with van der Waals surface area (Å²) >= 11 is 0. The number of hydrogen-bond acceptors (Lipinski definition) is 4. The van der Waals surface area contributed by atoms with Gasteiger partial charge in [-0.05, 0) is 19.8 Å². The molecule has 19 heavy (non-hydrogen) atoms. The van der Waals surface area contributed by atoms with Crippen molar-refractivity contribution >= 4 is 11.9 Å². The first-order valence-electron chi connectivity index (χ1n) is 6.76. The fraction of sp³-hybridized carbons (Fsp3) is 0.846. The van der Waals surface area contributed by atoms with Crippen LogP contribution in [-0.2, 0) is 9.59 Å². The molecule has 0 aromatic heterocycles. The Bertz CT molecular complexity index is 284. The summed E-state index contributed by atoms with van der Waals surface area (Å²) in [6.07, 6.45) is 1.39. The molecule has 0 aromatic rings. The van der Waals surface area contributed by atoms with Gasteiger partial charge in [0.1, 0.15) is 0 Å². The van der Waals surface area contributed by atoms with E-state index >= 15 is 0 Å². The quantitative estimate of drug-likeness (QED) is 0.533. The minimum absolute atomic E-state index is 0.0327.